The van der Waals surface area contributed by atoms with Crippen molar-refractivity contribution < 1.29 is 9.47 Å². The number of rotatable bonds is 7. The number of nitrogens with one attached hydrogen (secondary N) is 1. The van der Waals surface area contributed by atoms with E-state index in [0.717, 1.165) is 28.3 Å². The molecule has 0 fully saturated rings. The minimum Gasteiger partial charge on any atom is -0.497 e. The van der Waals surface area contributed by atoms with E-state index < -0.39 is 0 Å². The molecule has 0 amide bonds. The van der Waals surface area contributed by atoms with Crippen LogP contribution in [0.2, 0.25) is 0 Å². The Morgan fingerprint density at radius 2 is 1.81 bits per heavy atom. The van der Waals surface area contributed by atoms with E-state index in [1.165, 1.54) is 10.4 Å². The van der Waals surface area contributed by atoms with Crippen LogP contribution in [-0.2, 0) is 6.42 Å². The van der Waals surface area contributed by atoms with Crippen molar-refractivity contribution in [1.29, 1.82) is 0 Å². The van der Waals surface area contributed by atoms with Gasteiger partial charge in [0.15, 0.2) is 0 Å². The summed E-state index contributed by atoms with van der Waals surface area (Å²) in [5.41, 5.74) is 1.18. The van der Waals surface area contributed by atoms with Crippen molar-refractivity contribution in [3.8, 4) is 11.5 Å². The third kappa shape index (κ3) is 4.46. The topological polar surface area (TPSA) is 30.5 Å². The molecule has 5 heteroatoms. The minimum atomic E-state index is 0.240. The number of hydrogen-bond acceptors (Lipinski definition) is 4. The van der Waals surface area contributed by atoms with Crippen molar-refractivity contribution in [3.05, 3.63) is 44.6 Å². The van der Waals surface area contributed by atoms with Gasteiger partial charge in [0.2, 0.25) is 0 Å². The third-order valence-corrected chi connectivity index (χ3v) is 4.91. The Hall–Kier alpha value is -1.04. The van der Waals surface area contributed by atoms with Crippen molar-refractivity contribution in [3.63, 3.8) is 0 Å². The van der Waals surface area contributed by atoms with Crippen LogP contribution in [0.25, 0.3) is 0 Å². The average molecular weight is 370 g/mol. The van der Waals surface area contributed by atoms with Gasteiger partial charge in [-0.1, -0.05) is 6.92 Å². The fourth-order valence-corrected chi connectivity index (χ4v) is 3.78. The first-order chi connectivity index (χ1) is 10.2. The van der Waals surface area contributed by atoms with Crippen molar-refractivity contribution in [1.82, 2.24) is 5.32 Å². The van der Waals surface area contributed by atoms with Crippen LogP contribution in [-0.4, -0.2) is 20.8 Å². The number of thiophene rings is 1. The molecule has 0 aliphatic heterocycles. The normalized spacial score (nSPS) is 12.2. The van der Waals surface area contributed by atoms with Crippen LogP contribution in [0, 0.1) is 0 Å². The molecule has 0 saturated carbocycles. The lowest BCUT2D eigenvalue weighted by Crippen LogP contribution is -2.22. The fourth-order valence-electron chi connectivity index (χ4n) is 2.25. The van der Waals surface area contributed by atoms with Crippen LogP contribution in [0.1, 0.15) is 23.4 Å². The highest BCUT2D eigenvalue weighted by Crippen LogP contribution is 2.31. The first kappa shape index (κ1) is 16.3. The fraction of sp³-hybridized carbons (Fsp3) is 0.375. The average Bonchev–Trinajstić information content (AvgIpc) is 2.91. The molecule has 1 unspecified atom stereocenters. The van der Waals surface area contributed by atoms with E-state index in [1.807, 2.05) is 6.07 Å². The summed E-state index contributed by atoms with van der Waals surface area (Å²) in [4.78, 5) is 1.34. The molecule has 0 radical (unpaired) electrons. The summed E-state index contributed by atoms with van der Waals surface area (Å²) in [5, 5.41) is 3.54. The number of likely N-dealkylation sites (N-methyl/N-ethyl adjacent to an activating group) is 1. The highest BCUT2D eigenvalue weighted by Gasteiger charge is 2.15. The molecular weight excluding hydrogens is 350 g/mol. The second-order valence-electron chi connectivity index (χ2n) is 4.67. The largest absolute Gasteiger partial charge is 0.497 e. The van der Waals surface area contributed by atoms with Gasteiger partial charge in [-0.15, -0.1) is 11.3 Å². The van der Waals surface area contributed by atoms with Gasteiger partial charge in [0.1, 0.15) is 11.5 Å². The Morgan fingerprint density at radius 3 is 2.29 bits per heavy atom. The molecule has 1 aromatic carbocycles. The van der Waals surface area contributed by atoms with Crippen LogP contribution in [0.4, 0.5) is 0 Å². The molecule has 1 atom stereocenters. The first-order valence-corrected chi connectivity index (χ1v) is 8.47. The number of methoxy groups -OCH3 is 2. The number of hydrogen-bond donors (Lipinski definition) is 1. The maximum Gasteiger partial charge on any atom is 0.122 e. The molecule has 1 aromatic heterocycles. The second kappa shape index (κ2) is 7.82. The zero-order valence-electron chi connectivity index (χ0n) is 12.5. The van der Waals surface area contributed by atoms with Gasteiger partial charge in [0.25, 0.3) is 0 Å². The lowest BCUT2D eigenvalue weighted by atomic mass is 10.0. The van der Waals surface area contributed by atoms with Crippen molar-refractivity contribution in [2.75, 3.05) is 20.8 Å². The van der Waals surface area contributed by atoms with E-state index in [-0.39, 0.29) is 6.04 Å². The smallest absolute Gasteiger partial charge is 0.122 e. The van der Waals surface area contributed by atoms with Gasteiger partial charge >= 0.3 is 0 Å². The summed E-state index contributed by atoms with van der Waals surface area (Å²) < 4.78 is 11.9. The van der Waals surface area contributed by atoms with Crippen LogP contribution >= 0.6 is 27.3 Å². The zero-order chi connectivity index (χ0) is 15.2. The van der Waals surface area contributed by atoms with Crippen molar-refractivity contribution in [2.45, 2.75) is 19.4 Å². The summed E-state index contributed by atoms with van der Waals surface area (Å²) in [7, 11) is 3.36. The standard InChI is InChI=1S/C16H20BrNO2S/c1-4-18-15(10-14-5-6-16(17)21-14)11-7-12(19-2)9-13(8-11)20-3/h5-9,15,18H,4,10H2,1-3H3. The van der Waals surface area contributed by atoms with E-state index in [0.29, 0.717) is 0 Å². The van der Waals surface area contributed by atoms with Crippen molar-refractivity contribution in [2.24, 2.45) is 0 Å². The monoisotopic (exact) mass is 369 g/mol. The Balaban J connectivity index is 2.28. The molecule has 0 saturated heterocycles. The molecule has 0 bridgehead atoms. The lowest BCUT2D eigenvalue weighted by Gasteiger charge is -2.19. The van der Waals surface area contributed by atoms with E-state index in [1.54, 1.807) is 25.6 Å². The molecule has 21 heavy (non-hydrogen) atoms. The quantitative estimate of drug-likeness (QED) is 0.783. The van der Waals surface area contributed by atoms with Gasteiger partial charge in [-0.2, -0.15) is 0 Å². The second-order valence-corrected chi connectivity index (χ2v) is 7.21. The van der Waals surface area contributed by atoms with Gasteiger partial charge in [0.05, 0.1) is 18.0 Å². The molecule has 1 N–H and O–H groups in total. The maximum atomic E-state index is 5.37. The lowest BCUT2D eigenvalue weighted by molar-refractivity contribution is 0.391. The summed E-state index contributed by atoms with van der Waals surface area (Å²) in [5.74, 6) is 1.64. The van der Waals surface area contributed by atoms with Gasteiger partial charge < -0.3 is 14.8 Å². The number of halogens is 1. The Bertz CT molecular complexity index is 563. The summed E-state index contributed by atoms with van der Waals surface area (Å²) in [6, 6.07) is 10.5. The van der Waals surface area contributed by atoms with E-state index in [9.17, 15) is 0 Å². The predicted molar refractivity (Wildman–Crippen MR) is 91.7 cm³/mol. The zero-order valence-corrected chi connectivity index (χ0v) is 14.9. The van der Waals surface area contributed by atoms with Crippen molar-refractivity contribution >= 4 is 27.3 Å². The van der Waals surface area contributed by atoms with Crippen LogP contribution in [0.3, 0.4) is 0 Å². The molecular formula is C16H20BrNO2S. The molecule has 1 heterocycles. The van der Waals surface area contributed by atoms with Gasteiger partial charge in [-0.05, 0) is 52.3 Å². The van der Waals surface area contributed by atoms with Crippen LogP contribution in [0.5, 0.6) is 11.5 Å². The predicted octanol–water partition coefficient (Wildman–Crippen LogP) is 4.42. The van der Waals surface area contributed by atoms with Crippen LogP contribution in [0.15, 0.2) is 34.1 Å². The molecule has 2 rings (SSSR count). The highest BCUT2D eigenvalue weighted by molar-refractivity contribution is 9.11. The van der Waals surface area contributed by atoms with Gasteiger partial charge in [0, 0.05) is 23.4 Å². The SMILES string of the molecule is CCNC(Cc1ccc(Br)s1)c1cc(OC)cc(OC)c1. The summed E-state index contributed by atoms with van der Waals surface area (Å²) >= 11 is 5.29. The molecule has 3 nitrogen and oxygen atoms in total. The maximum absolute atomic E-state index is 5.37. The Morgan fingerprint density at radius 1 is 1.14 bits per heavy atom. The number of ether oxygens (including phenoxy) is 2. The minimum absolute atomic E-state index is 0.240. The summed E-state index contributed by atoms with van der Waals surface area (Å²) in [6.45, 7) is 3.03. The molecule has 0 aliphatic rings. The van der Waals surface area contributed by atoms with E-state index in [4.69, 9.17) is 9.47 Å². The Kier molecular flexibility index (Phi) is 6.08. The van der Waals surface area contributed by atoms with Gasteiger partial charge in [-0.25, -0.2) is 0 Å². The summed E-state index contributed by atoms with van der Waals surface area (Å²) in [6.07, 6.45) is 0.945. The molecule has 2 aromatic rings. The van der Waals surface area contributed by atoms with E-state index in [2.05, 4.69) is 52.4 Å². The molecule has 114 valence electrons. The number of benzene rings is 1. The van der Waals surface area contributed by atoms with Crippen LogP contribution < -0.4 is 14.8 Å². The molecule has 0 spiro atoms. The highest BCUT2D eigenvalue weighted by atomic mass is 79.9. The Labute approximate surface area is 138 Å². The van der Waals surface area contributed by atoms with Gasteiger partial charge in [-0.3, -0.25) is 0 Å². The molecule has 0 aliphatic carbocycles. The third-order valence-electron chi connectivity index (χ3n) is 3.26. The van der Waals surface area contributed by atoms with E-state index >= 15 is 0 Å². The first-order valence-electron chi connectivity index (χ1n) is 6.86.